The predicted molar refractivity (Wildman–Crippen MR) is 127 cm³/mol. The molecule has 1 unspecified atom stereocenters. The first-order valence-electron chi connectivity index (χ1n) is 10.1. The number of hydrogen-bond acceptors (Lipinski definition) is 6. The van der Waals surface area contributed by atoms with Crippen LogP contribution in [-0.4, -0.2) is 33.1 Å². The second-order valence-corrected chi connectivity index (χ2v) is 9.08. The maximum absolute atomic E-state index is 12.4. The largest absolute Gasteiger partial charge is 0.425 e. The number of anilines is 2. The molecule has 1 amide bonds. The predicted octanol–water partition coefficient (Wildman–Crippen LogP) is 3.07. The molecule has 33 heavy (non-hydrogen) atoms. The normalized spacial score (nSPS) is 15.4. The van der Waals surface area contributed by atoms with Crippen molar-refractivity contribution in [2.45, 2.75) is 17.5 Å². The number of primary sulfonamides is 1. The second-order valence-electron chi connectivity index (χ2n) is 7.55. The Hall–Kier alpha value is -3.89. The average molecular weight is 466 g/mol. The van der Waals surface area contributed by atoms with E-state index in [1.807, 2.05) is 11.0 Å². The lowest BCUT2D eigenvalue weighted by molar-refractivity contribution is 0.0747. The summed E-state index contributed by atoms with van der Waals surface area (Å²) in [4.78, 5) is 14.3. The standard InChI is InChI=1S/C23H23N5O4S/c24-22(25)16-4-3-5-18(14-16)28-13-12-21(28)32-23(29)27-17-10-8-15(9-11-17)19-6-1-2-7-20(19)33(26,30)31/h1-11,14,21H,12-13H2,(H3,24,25)(H,27,29)(H2,26,30,31). The van der Waals surface area contributed by atoms with Gasteiger partial charge in [0, 0.05) is 35.5 Å². The van der Waals surface area contributed by atoms with Crippen molar-refractivity contribution < 1.29 is 17.9 Å². The number of amidine groups is 1. The Balaban J connectivity index is 1.41. The lowest BCUT2D eigenvalue weighted by atomic mass is 10.1. The second kappa shape index (κ2) is 8.93. The fourth-order valence-corrected chi connectivity index (χ4v) is 4.35. The molecule has 10 heteroatoms. The highest BCUT2D eigenvalue weighted by molar-refractivity contribution is 7.89. The van der Waals surface area contributed by atoms with Crippen LogP contribution in [0.3, 0.4) is 0 Å². The summed E-state index contributed by atoms with van der Waals surface area (Å²) in [6, 6.07) is 20.4. The van der Waals surface area contributed by atoms with E-state index in [2.05, 4.69) is 5.32 Å². The van der Waals surface area contributed by atoms with E-state index in [1.165, 1.54) is 6.07 Å². The first kappa shape index (κ1) is 22.3. The van der Waals surface area contributed by atoms with Crippen molar-refractivity contribution in [3.63, 3.8) is 0 Å². The number of amides is 1. The molecule has 1 saturated heterocycles. The van der Waals surface area contributed by atoms with E-state index in [9.17, 15) is 13.2 Å². The van der Waals surface area contributed by atoms with Crippen LogP contribution in [0.15, 0.2) is 77.7 Å². The van der Waals surface area contributed by atoms with Crippen LogP contribution in [0, 0.1) is 5.41 Å². The van der Waals surface area contributed by atoms with Crippen LogP contribution in [0.2, 0.25) is 0 Å². The van der Waals surface area contributed by atoms with Crippen molar-refractivity contribution in [3.05, 3.63) is 78.4 Å². The molecule has 0 aliphatic carbocycles. The molecule has 1 fully saturated rings. The molecule has 1 heterocycles. The average Bonchev–Trinajstić information content (AvgIpc) is 2.77. The van der Waals surface area contributed by atoms with E-state index in [0.717, 1.165) is 12.2 Å². The molecular formula is C23H23N5O4S. The third kappa shape index (κ3) is 4.97. The van der Waals surface area contributed by atoms with Gasteiger partial charge in [0.25, 0.3) is 0 Å². The zero-order chi connectivity index (χ0) is 23.6. The van der Waals surface area contributed by atoms with Crippen molar-refractivity contribution in [3.8, 4) is 11.1 Å². The SMILES string of the molecule is N=C(N)c1cccc(N2CCC2OC(=O)Nc2ccc(-c3ccccc3S(N)(=O)=O)cc2)c1. The highest BCUT2D eigenvalue weighted by Gasteiger charge is 2.31. The summed E-state index contributed by atoms with van der Waals surface area (Å²) in [6.45, 7) is 0.720. The van der Waals surface area contributed by atoms with Gasteiger partial charge in [0.05, 0.1) is 4.90 Å². The Morgan fingerprint density at radius 1 is 1.06 bits per heavy atom. The van der Waals surface area contributed by atoms with Gasteiger partial charge in [-0.15, -0.1) is 0 Å². The molecule has 0 radical (unpaired) electrons. The van der Waals surface area contributed by atoms with Crippen LogP contribution in [0.4, 0.5) is 16.2 Å². The van der Waals surface area contributed by atoms with Gasteiger partial charge in [0.15, 0.2) is 6.23 Å². The van der Waals surface area contributed by atoms with Crippen LogP contribution in [0.25, 0.3) is 11.1 Å². The van der Waals surface area contributed by atoms with Gasteiger partial charge in [-0.2, -0.15) is 0 Å². The molecule has 0 spiro atoms. The van der Waals surface area contributed by atoms with Gasteiger partial charge in [0.1, 0.15) is 5.84 Å². The highest BCUT2D eigenvalue weighted by Crippen LogP contribution is 2.29. The minimum absolute atomic E-state index is 0.0253. The number of nitrogen functional groups attached to an aromatic ring is 1. The number of carbonyl (C=O) groups is 1. The molecule has 0 saturated carbocycles. The Labute approximate surface area is 191 Å². The lowest BCUT2D eigenvalue weighted by Crippen LogP contribution is -2.51. The summed E-state index contributed by atoms with van der Waals surface area (Å²) in [6.07, 6.45) is -0.348. The van der Waals surface area contributed by atoms with Gasteiger partial charge in [-0.05, 0) is 35.9 Å². The van der Waals surface area contributed by atoms with Crippen molar-refractivity contribution in [2.75, 3.05) is 16.8 Å². The number of nitrogens with zero attached hydrogens (tertiary/aromatic N) is 1. The van der Waals surface area contributed by atoms with Gasteiger partial charge >= 0.3 is 6.09 Å². The highest BCUT2D eigenvalue weighted by atomic mass is 32.2. The summed E-state index contributed by atoms with van der Waals surface area (Å²) < 4.78 is 29.2. The summed E-state index contributed by atoms with van der Waals surface area (Å²) >= 11 is 0. The maximum atomic E-state index is 12.4. The Bertz CT molecular complexity index is 1310. The number of benzene rings is 3. The number of ether oxygens (including phenoxy) is 1. The van der Waals surface area contributed by atoms with Gasteiger partial charge in [0.2, 0.25) is 10.0 Å². The number of sulfonamides is 1. The van der Waals surface area contributed by atoms with Crippen molar-refractivity contribution in [1.82, 2.24) is 0 Å². The van der Waals surface area contributed by atoms with Crippen molar-refractivity contribution >= 4 is 33.3 Å². The molecule has 170 valence electrons. The van der Waals surface area contributed by atoms with Crippen LogP contribution in [-0.2, 0) is 14.8 Å². The van der Waals surface area contributed by atoms with Gasteiger partial charge < -0.3 is 15.4 Å². The molecule has 1 aliphatic heterocycles. The Morgan fingerprint density at radius 3 is 2.42 bits per heavy atom. The summed E-state index contributed by atoms with van der Waals surface area (Å²) in [7, 11) is -3.87. The van der Waals surface area contributed by atoms with E-state index in [0.29, 0.717) is 28.8 Å². The van der Waals surface area contributed by atoms with E-state index < -0.39 is 22.3 Å². The number of carbonyl (C=O) groups excluding carboxylic acids is 1. The topological polar surface area (TPSA) is 152 Å². The molecule has 0 bridgehead atoms. The van der Waals surface area contributed by atoms with Crippen molar-refractivity contribution in [2.24, 2.45) is 10.9 Å². The van der Waals surface area contributed by atoms with E-state index in [1.54, 1.807) is 60.7 Å². The molecule has 3 aromatic rings. The molecule has 3 aromatic carbocycles. The molecule has 4 rings (SSSR count). The van der Waals surface area contributed by atoms with Crippen molar-refractivity contribution in [1.29, 1.82) is 5.41 Å². The molecule has 9 nitrogen and oxygen atoms in total. The number of nitrogens with two attached hydrogens (primary N) is 2. The van der Waals surface area contributed by atoms with Crippen LogP contribution in [0.1, 0.15) is 12.0 Å². The maximum Gasteiger partial charge on any atom is 0.413 e. The number of hydrogen-bond donors (Lipinski definition) is 4. The Kier molecular flexibility index (Phi) is 6.03. The summed E-state index contributed by atoms with van der Waals surface area (Å²) in [5.41, 5.74) is 8.61. The van der Waals surface area contributed by atoms with Crippen LogP contribution in [0.5, 0.6) is 0 Å². The third-order valence-corrected chi connectivity index (χ3v) is 6.30. The number of nitrogens with one attached hydrogen (secondary N) is 2. The third-order valence-electron chi connectivity index (χ3n) is 5.33. The van der Waals surface area contributed by atoms with E-state index in [4.69, 9.17) is 21.0 Å². The molecule has 1 aliphatic rings. The molecule has 0 aromatic heterocycles. The summed E-state index contributed by atoms with van der Waals surface area (Å²) in [5, 5.41) is 15.6. The fourth-order valence-electron chi connectivity index (χ4n) is 3.59. The molecule has 6 N–H and O–H groups in total. The van der Waals surface area contributed by atoms with E-state index >= 15 is 0 Å². The van der Waals surface area contributed by atoms with Crippen LogP contribution < -0.4 is 21.1 Å². The Morgan fingerprint density at radius 2 is 1.79 bits per heavy atom. The van der Waals surface area contributed by atoms with E-state index in [-0.39, 0.29) is 10.7 Å². The fraction of sp³-hybridized carbons (Fsp3) is 0.130. The van der Waals surface area contributed by atoms with Crippen LogP contribution >= 0.6 is 0 Å². The number of rotatable bonds is 6. The minimum atomic E-state index is -3.87. The minimum Gasteiger partial charge on any atom is -0.425 e. The lowest BCUT2D eigenvalue weighted by Gasteiger charge is -2.41. The monoisotopic (exact) mass is 465 g/mol. The molecule has 1 atom stereocenters. The van der Waals surface area contributed by atoms with Gasteiger partial charge in [-0.3, -0.25) is 10.7 Å². The zero-order valence-electron chi connectivity index (χ0n) is 17.6. The summed E-state index contributed by atoms with van der Waals surface area (Å²) in [5.74, 6) is -0.0253. The zero-order valence-corrected chi connectivity index (χ0v) is 18.4. The quantitative estimate of drug-likeness (QED) is 0.324. The van der Waals surface area contributed by atoms with Gasteiger partial charge in [-0.25, -0.2) is 18.4 Å². The smallest absolute Gasteiger partial charge is 0.413 e. The van der Waals surface area contributed by atoms with Gasteiger partial charge in [-0.1, -0.05) is 42.5 Å². The first-order chi connectivity index (χ1) is 15.7. The molecular weight excluding hydrogens is 442 g/mol. The first-order valence-corrected chi connectivity index (χ1v) is 11.7.